The van der Waals surface area contributed by atoms with E-state index in [-0.39, 0.29) is 6.10 Å². The van der Waals surface area contributed by atoms with E-state index in [0.717, 1.165) is 38.1 Å². The average molecular weight is 273 g/mol. The number of hydrogen-bond acceptors (Lipinski definition) is 3. The molecule has 0 spiro atoms. The maximum atomic E-state index is 10.1. The minimum absolute atomic E-state index is 0.335. The average Bonchev–Trinajstić information content (AvgIpc) is 2.88. The van der Waals surface area contributed by atoms with Gasteiger partial charge in [0, 0.05) is 13.0 Å². The predicted octanol–water partition coefficient (Wildman–Crippen LogP) is 2.61. The Morgan fingerprint density at radius 3 is 2.80 bits per heavy atom. The van der Waals surface area contributed by atoms with Gasteiger partial charge in [-0.15, -0.1) is 0 Å². The van der Waals surface area contributed by atoms with Gasteiger partial charge in [0.2, 0.25) is 0 Å². The SMILES string of the molecule is CCCn1ncnc1CC(O)CCCc1ccccc1. The predicted molar refractivity (Wildman–Crippen MR) is 79.4 cm³/mol. The number of hydrogen-bond donors (Lipinski definition) is 1. The van der Waals surface area contributed by atoms with Crippen LogP contribution in [0, 0.1) is 0 Å². The summed E-state index contributed by atoms with van der Waals surface area (Å²) in [7, 11) is 0. The summed E-state index contributed by atoms with van der Waals surface area (Å²) in [6.07, 6.45) is 5.66. The van der Waals surface area contributed by atoms with Crippen LogP contribution in [0.25, 0.3) is 0 Å². The first-order valence-corrected chi connectivity index (χ1v) is 7.38. The molecule has 1 unspecified atom stereocenters. The van der Waals surface area contributed by atoms with Crippen LogP contribution in [0.2, 0.25) is 0 Å². The number of nitrogens with zero attached hydrogens (tertiary/aromatic N) is 3. The van der Waals surface area contributed by atoms with E-state index in [4.69, 9.17) is 0 Å². The monoisotopic (exact) mass is 273 g/mol. The summed E-state index contributed by atoms with van der Waals surface area (Å²) >= 11 is 0. The van der Waals surface area contributed by atoms with Crippen LogP contribution in [0.4, 0.5) is 0 Å². The molecule has 0 bridgehead atoms. The molecule has 0 amide bonds. The zero-order valence-electron chi connectivity index (χ0n) is 12.1. The van der Waals surface area contributed by atoms with Crippen molar-refractivity contribution >= 4 is 0 Å². The molecular weight excluding hydrogens is 250 g/mol. The highest BCUT2D eigenvalue weighted by atomic mass is 16.3. The topological polar surface area (TPSA) is 50.9 Å². The quantitative estimate of drug-likeness (QED) is 0.804. The highest BCUT2D eigenvalue weighted by Gasteiger charge is 2.10. The lowest BCUT2D eigenvalue weighted by molar-refractivity contribution is 0.158. The molecule has 0 radical (unpaired) electrons. The van der Waals surface area contributed by atoms with Gasteiger partial charge in [0.15, 0.2) is 0 Å². The second-order valence-electron chi connectivity index (χ2n) is 5.14. The van der Waals surface area contributed by atoms with Crippen molar-refractivity contribution in [1.82, 2.24) is 14.8 Å². The van der Waals surface area contributed by atoms with Crippen molar-refractivity contribution < 1.29 is 5.11 Å². The van der Waals surface area contributed by atoms with Gasteiger partial charge in [0.25, 0.3) is 0 Å². The molecule has 20 heavy (non-hydrogen) atoms. The fourth-order valence-electron chi connectivity index (χ4n) is 2.34. The van der Waals surface area contributed by atoms with Gasteiger partial charge in [-0.25, -0.2) is 4.98 Å². The Bertz CT molecular complexity index is 495. The molecule has 0 aliphatic carbocycles. The molecule has 108 valence electrons. The first-order chi connectivity index (χ1) is 9.79. The molecule has 1 heterocycles. The van der Waals surface area contributed by atoms with Crippen LogP contribution < -0.4 is 0 Å². The van der Waals surface area contributed by atoms with Crippen molar-refractivity contribution in [3.63, 3.8) is 0 Å². The number of rotatable bonds is 8. The summed E-state index contributed by atoms with van der Waals surface area (Å²) in [4.78, 5) is 4.23. The Hall–Kier alpha value is -1.68. The normalized spacial score (nSPS) is 12.5. The number of aliphatic hydroxyl groups excluding tert-OH is 1. The Kier molecular flexibility index (Phi) is 5.74. The lowest BCUT2D eigenvalue weighted by Crippen LogP contribution is -2.16. The van der Waals surface area contributed by atoms with Gasteiger partial charge in [-0.1, -0.05) is 37.3 Å². The van der Waals surface area contributed by atoms with Crippen LogP contribution in [0.5, 0.6) is 0 Å². The summed E-state index contributed by atoms with van der Waals surface area (Å²) in [6.45, 7) is 2.98. The number of aromatic nitrogens is 3. The molecular formula is C16H23N3O. The summed E-state index contributed by atoms with van der Waals surface area (Å²) in [5, 5.41) is 14.3. The maximum Gasteiger partial charge on any atom is 0.138 e. The van der Waals surface area contributed by atoms with Crippen LogP contribution in [-0.4, -0.2) is 26.0 Å². The Labute approximate surface area is 120 Å². The molecule has 4 heteroatoms. The molecule has 0 saturated heterocycles. The van der Waals surface area contributed by atoms with Crippen molar-refractivity contribution in [2.75, 3.05) is 0 Å². The number of aliphatic hydroxyl groups is 1. The van der Waals surface area contributed by atoms with Gasteiger partial charge in [-0.05, 0) is 31.2 Å². The third-order valence-corrected chi connectivity index (χ3v) is 3.39. The molecule has 0 aliphatic heterocycles. The fraction of sp³-hybridized carbons (Fsp3) is 0.500. The van der Waals surface area contributed by atoms with E-state index in [1.54, 1.807) is 6.33 Å². The minimum atomic E-state index is -0.335. The number of benzene rings is 1. The summed E-state index contributed by atoms with van der Waals surface area (Å²) in [5.41, 5.74) is 1.33. The van der Waals surface area contributed by atoms with Gasteiger partial charge in [-0.2, -0.15) is 5.10 Å². The minimum Gasteiger partial charge on any atom is -0.393 e. The molecule has 2 rings (SSSR count). The van der Waals surface area contributed by atoms with Gasteiger partial charge in [0.1, 0.15) is 12.2 Å². The molecule has 2 aromatic rings. The highest BCUT2D eigenvalue weighted by molar-refractivity contribution is 5.14. The molecule has 1 N–H and O–H groups in total. The lowest BCUT2D eigenvalue weighted by atomic mass is 10.0. The summed E-state index contributed by atoms with van der Waals surface area (Å²) in [5.74, 6) is 0.888. The first-order valence-electron chi connectivity index (χ1n) is 7.38. The van der Waals surface area contributed by atoms with Crippen molar-refractivity contribution in [2.45, 2.75) is 51.7 Å². The van der Waals surface area contributed by atoms with Crippen molar-refractivity contribution in [3.8, 4) is 0 Å². The maximum absolute atomic E-state index is 10.1. The van der Waals surface area contributed by atoms with Crippen LogP contribution in [0.15, 0.2) is 36.7 Å². The smallest absolute Gasteiger partial charge is 0.138 e. The van der Waals surface area contributed by atoms with Crippen molar-refractivity contribution in [2.24, 2.45) is 0 Å². The number of aryl methyl sites for hydroxylation is 2. The molecule has 0 saturated carbocycles. The largest absolute Gasteiger partial charge is 0.393 e. The second-order valence-corrected chi connectivity index (χ2v) is 5.14. The zero-order valence-corrected chi connectivity index (χ0v) is 12.1. The summed E-state index contributed by atoms with van der Waals surface area (Å²) in [6, 6.07) is 10.4. The Balaban J connectivity index is 1.75. The van der Waals surface area contributed by atoms with E-state index in [1.165, 1.54) is 5.56 Å². The van der Waals surface area contributed by atoms with Crippen molar-refractivity contribution in [3.05, 3.63) is 48.0 Å². The fourth-order valence-corrected chi connectivity index (χ4v) is 2.34. The molecule has 4 nitrogen and oxygen atoms in total. The van der Waals surface area contributed by atoms with Gasteiger partial charge in [-0.3, -0.25) is 4.68 Å². The van der Waals surface area contributed by atoms with E-state index in [1.807, 2.05) is 10.7 Å². The molecule has 0 fully saturated rings. The zero-order chi connectivity index (χ0) is 14.2. The van der Waals surface area contributed by atoms with E-state index in [2.05, 4.69) is 41.3 Å². The molecule has 1 aromatic carbocycles. The van der Waals surface area contributed by atoms with Gasteiger partial charge < -0.3 is 5.11 Å². The van der Waals surface area contributed by atoms with Crippen LogP contribution >= 0.6 is 0 Å². The van der Waals surface area contributed by atoms with Gasteiger partial charge >= 0.3 is 0 Å². The molecule has 1 aromatic heterocycles. The molecule has 1 atom stereocenters. The van der Waals surface area contributed by atoms with Crippen LogP contribution in [0.3, 0.4) is 0 Å². The van der Waals surface area contributed by atoms with Crippen molar-refractivity contribution in [1.29, 1.82) is 0 Å². The van der Waals surface area contributed by atoms with E-state index in [0.29, 0.717) is 6.42 Å². The van der Waals surface area contributed by atoms with E-state index in [9.17, 15) is 5.11 Å². The highest BCUT2D eigenvalue weighted by Crippen LogP contribution is 2.09. The van der Waals surface area contributed by atoms with E-state index >= 15 is 0 Å². The Morgan fingerprint density at radius 2 is 2.05 bits per heavy atom. The first kappa shape index (κ1) is 14.7. The lowest BCUT2D eigenvalue weighted by Gasteiger charge is -2.11. The third-order valence-electron chi connectivity index (χ3n) is 3.39. The van der Waals surface area contributed by atoms with Gasteiger partial charge in [0.05, 0.1) is 6.10 Å². The van der Waals surface area contributed by atoms with Crippen LogP contribution in [-0.2, 0) is 19.4 Å². The second kappa shape index (κ2) is 7.80. The standard InChI is InChI=1S/C16H23N3O/c1-2-11-19-16(17-13-18-19)12-15(20)10-6-9-14-7-4-3-5-8-14/h3-5,7-8,13,15,20H,2,6,9-12H2,1H3. The molecule has 0 aliphatic rings. The Morgan fingerprint density at radius 1 is 1.25 bits per heavy atom. The summed E-state index contributed by atoms with van der Waals surface area (Å²) < 4.78 is 1.89. The third kappa shape index (κ3) is 4.46. The van der Waals surface area contributed by atoms with Crippen LogP contribution in [0.1, 0.15) is 37.6 Å². The van der Waals surface area contributed by atoms with E-state index < -0.39 is 0 Å².